The molecule has 0 unspecified atom stereocenters. The molecule has 0 spiro atoms. The summed E-state index contributed by atoms with van der Waals surface area (Å²) in [5.41, 5.74) is 3.22. The van der Waals surface area contributed by atoms with Crippen molar-refractivity contribution in [2.24, 2.45) is 0 Å². The average molecular weight is 357 g/mol. The summed E-state index contributed by atoms with van der Waals surface area (Å²) in [6.45, 7) is 5.96. The van der Waals surface area contributed by atoms with E-state index in [0.29, 0.717) is 17.0 Å². The maximum absolute atomic E-state index is 12.5. The maximum atomic E-state index is 12.5. The molecular formula is C19H19NO4S. The van der Waals surface area contributed by atoms with Gasteiger partial charge in [-0.05, 0) is 56.0 Å². The van der Waals surface area contributed by atoms with Crippen LogP contribution in [0, 0.1) is 20.8 Å². The number of Topliss-reactive ketones (excluding diaryl/α,β-unsaturated/α-hetero) is 1. The number of hydrogen-bond donors (Lipinski definition) is 0. The van der Waals surface area contributed by atoms with Crippen LogP contribution in [0.1, 0.15) is 42.7 Å². The van der Waals surface area contributed by atoms with Crippen LogP contribution >= 0.6 is 11.3 Å². The first-order chi connectivity index (χ1) is 12.0. The minimum Gasteiger partial charge on any atom is -0.467 e. The van der Waals surface area contributed by atoms with E-state index in [0.717, 1.165) is 22.7 Å². The molecule has 3 aromatic heterocycles. The largest absolute Gasteiger partial charge is 0.467 e. The van der Waals surface area contributed by atoms with Crippen molar-refractivity contribution in [1.29, 1.82) is 0 Å². The Morgan fingerprint density at radius 2 is 2.04 bits per heavy atom. The number of aryl methyl sites for hydroxylation is 2. The van der Waals surface area contributed by atoms with Gasteiger partial charge in [0.1, 0.15) is 10.6 Å². The molecule has 0 saturated heterocycles. The van der Waals surface area contributed by atoms with Crippen molar-refractivity contribution in [3.8, 4) is 0 Å². The molecular weight excluding hydrogens is 338 g/mol. The standard InChI is InChI=1S/C19H19NO4S/c1-12-6-8-25-18(12)19(22)24-11-17(21)16-9-13(2)20(14(16)3)10-15-5-4-7-23-15/h4-9H,10-11H2,1-3H3. The number of ether oxygens (including phenoxy) is 1. The van der Waals surface area contributed by atoms with Crippen LogP contribution in [0.3, 0.4) is 0 Å². The van der Waals surface area contributed by atoms with Crippen LogP contribution in [0.25, 0.3) is 0 Å². The summed E-state index contributed by atoms with van der Waals surface area (Å²) in [7, 11) is 0. The van der Waals surface area contributed by atoms with E-state index in [1.54, 1.807) is 6.26 Å². The number of furan rings is 1. The second-order valence-corrected chi connectivity index (χ2v) is 6.80. The molecule has 25 heavy (non-hydrogen) atoms. The average Bonchev–Trinajstić information content (AvgIpc) is 3.30. The molecule has 0 aliphatic carbocycles. The predicted octanol–water partition coefficient (Wildman–Crippen LogP) is 4.16. The molecule has 130 valence electrons. The Hall–Kier alpha value is -2.60. The molecule has 3 rings (SSSR count). The third-order valence-electron chi connectivity index (χ3n) is 4.15. The van der Waals surface area contributed by atoms with Gasteiger partial charge < -0.3 is 13.7 Å². The minimum absolute atomic E-state index is 0.207. The maximum Gasteiger partial charge on any atom is 0.349 e. The van der Waals surface area contributed by atoms with Crippen LogP contribution < -0.4 is 0 Å². The third kappa shape index (κ3) is 3.58. The fourth-order valence-electron chi connectivity index (χ4n) is 2.74. The zero-order valence-corrected chi connectivity index (χ0v) is 15.2. The lowest BCUT2D eigenvalue weighted by molar-refractivity contribution is 0.0478. The Kier molecular flexibility index (Phi) is 4.90. The predicted molar refractivity (Wildman–Crippen MR) is 95.4 cm³/mol. The van der Waals surface area contributed by atoms with Crippen molar-refractivity contribution < 1.29 is 18.7 Å². The van der Waals surface area contributed by atoms with E-state index >= 15 is 0 Å². The first kappa shape index (κ1) is 17.2. The SMILES string of the molecule is Cc1ccsc1C(=O)OCC(=O)c1cc(C)n(Cc2ccco2)c1C. The quantitative estimate of drug-likeness (QED) is 0.491. The van der Waals surface area contributed by atoms with Crippen molar-refractivity contribution in [2.75, 3.05) is 6.61 Å². The lowest BCUT2D eigenvalue weighted by Crippen LogP contribution is -2.15. The van der Waals surface area contributed by atoms with Crippen molar-refractivity contribution in [1.82, 2.24) is 4.57 Å². The Labute approximate surface area is 149 Å². The number of carbonyl (C=O) groups is 2. The molecule has 0 fully saturated rings. The van der Waals surface area contributed by atoms with E-state index in [1.807, 2.05) is 55.0 Å². The Morgan fingerprint density at radius 1 is 1.24 bits per heavy atom. The van der Waals surface area contributed by atoms with Crippen LogP contribution in [0.15, 0.2) is 40.3 Å². The van der Waals surface area contributed by atoms with Gasteiger partial charge in [0.2, 0.25) is 5.78 Å². The van der Waals surface area contributed by atoms with Gasteiger partial charge >= 0.3 is 5.97 Å². The molecule has 0 bridgehead atoms. The molecule has 6 heteroatoms. The molecule has 0 saturated carbocycles. The first-order valence-corrected chi connectivity index (χ1v) is 8.79. The van der Waals surface area contributed by atoms with Crippen LogP contribution in [-0.2, 0) is 11.3 Å². The zero-order valence-electron chi connectivity index (χ0n) is 14.4. The Morgan fingerprint density at radius 3 is 2.68 bits per heavy atom. The van der Waals surface area contributed by atoms with Crippen molar-refractivity contribution in [3.63, 3.8) is 0 Å². The molecule has 0 atom stereocenters. The smallest absolute Gasteiger partial charge is 0.349 e. The van der Waals surface area contributed by atoms with Gasteiger partial charge in [-0.15, -0.1) is 11.3 Å². The summed E-state index contributed by atoms with van der Waals surface area (Å²) >= 11 is 1.32. The number of aromatic nitrogens is 1. The minimum atomic E-state index is -0.453. The first-order valence-electron chi connectivity index (χ1n) is 7.91. The lowest BCUT2D eigenvalue weighted by atomic mass is 10.1. The van der Waals surface area contributed by atoms with Gasteiger partial charge in [-0.1, -0.05) is 0 Å². The number of esters is 1. The Bertz CT molecular complexity index is 902. The summed E-state index contributed by atoms with van der Waals surface area (Å²) in [6.07, 6.45) is 1.63. The van der Waals surface area contributed by atoms with Gasteiger partial charge in [-0.25, -0.2) is 4.79 Å². The van der Waals surface area contributed by atoms with E-state index < -0.39 is 5.97 Å². The molecule has 0 radical (unpaired) electrons. The van der Waals surface area contributed by atoms with Gasteiger partial charge in [0.15, 0.2) is 6.61 Å². The topological polar surface area (TPSA) is 61.4 Å². The highest BCUT2D eigenvalue weighted by atomic mass is 32.1. The third-order valence-corrected chi connectivity index (χ3v) is 5.15. The summed E-state index contributed by atoms with van der Waals surface area (Å²) in [4.78, 5) is 25.1. The van der Waals surface area contributed by atoms with Gasteiger partial charge in [0, 0.05) is 17.0 Å². The van der Waals surface area contributed by atoms with Crippen LogP contribution in [-0.4, -0.2) is 22.9 Å². The molecule has 3 heterocycles. The number of hydrogen-bond acceptors (Lipinski definition) is 5. The van der Waals surface area contributed by atoms with Gasteiger partial charge in [0.05, 0.1) is 12.8 Å². The van der Waals surface area contributed by atoms with Crippen molar-refractivity contribution >= 4 is 23.1 Å². The summed E-state index contributed by atoms with van der Waals surface area (Å²) in [5.74, 6) is 0.159. The number of carbonyl (C=O) groups excluding carboxylic acids is 2. The normalized spacial score (nSPS) is 10.8. The van der Waals surface area contributed by atoms with E-state index in [4.69, 9.17) is 9.15 Å². The van der Waals surface area contributed by atoms with E-state index in [9.17, 15) is 9.59 Å². The Balaban J connectivity index is 1.70. The second-order valence-electron chi connectivity index (χ2n) is 5.88. The second kappa shape index (κ2) is 7.11. The van der Waals surface area contributed by atoms with Gasteiger partial charge in [-0.2, -0.15) is 0 Å². The van der Waals surface area contributed by atoms with Gasteiger partial charge in [0.25, 0.3) is 0 Å². The molecule has 0 amide bonds. The summed E-state index contributed by atoms with van der Waals surface area (Å²) < 4.78 is 12.6. The van der Waals surface area contributed by atoms with E-state index in [2.05, 4.69) is 0 Å². The molecule has 0 aromatic carbocycles. The number of nitrogens with zero attached hydrogens (tertiary/aromatic N) is 1. The van der Waals surface area contributed by atoms with E-state index in [1.165, 1.54) is 11.3 Å². The highest BCUT2D eigenvalue weighted by Gasteiger charge is 2.19. The lowest BCUT2D eigenvalue weighted by Gasteiger charge is -2.08. The molecule has 0 N–H and O–H groups in total. The monoisotopic (exact) mass is 357 g/mol. The highest BCUT2D eigenvalue weighted by Crippen LogP contribution is 2.19. The fourth-order valence-corrected chi connectivity index (χ4v) is 3.56. The van der Waals surface area contributed by atoms with Crippen molar-refractivity contribution in [2.45, 2.75) is 27.3 Å². The number of thiophene rings is 1. The summed E-state index contributed by atoms with van der Waals surface area (Å²) in [6, 6.07) is 7.41. The molecule has 5 nitrogen and oxygen atoms in total. The van der Waals surface area contributed by atoms with Crippen molar-refractivity contribution in [3.05, 3.63) is 69.1 Å². The number of rotatable bonds is 6. The fraction of sp³-hybridized carbons (Fsp3) is 0.263. The number of ketones is 1. The van der Waals surface area contributed by atoms with Gasteiger partial charge in [-0.3, -0.25) is 4.79 Å². The van der Waals surface area contributed by atoms with Crippen LogP contribution in [0.5, 0.6) is 0 Å². The van der Waals surface area contributed by atoms with E-state index in [-0.39, 0.29) is 12.4 Å². The zero-order chi connectivity index (χ0) is 18.0. The molecule has 0 aliphatic rings. The van der Waals surface area contributed by atoms with Crippen LogP contribution in [0.4, 0.5) is 0 Å². The highest BCUT2D eigenvalue weighted by molar-refractivity contribution is 7.12. The molecule has 3 aromatic rings. The summed E-state index contributed by atoms with van der Waals surface area (Å²) in [5, 5.41) is 1.83. The van der Waals surface area contributed by atoms with Crippen LogP contribution in [0.2, 0.25) is 0 Å². The molecule has 0 aliphatic heterocycles.